The Morgan fingerprint density at radius 1 is 0.795 bits per heavy atom. The number of allylic oxidation sites excluding steroid dienone is 6. The lowest BCUT2D eigenvalue weighted by atomic mass is 9.42. The summed E-state index contributed by atoms with van der Waals surface area (Å²) in [5, 5.41) is 94.5. The first-order valence-corrected chi connectivity index (χ1v) is 35.5. The molecule has 16 heteroatoms. The van der Waals surface area contributed by atoms with E-state index in [4.69, 9.17) is 9.47 Å². The quantitative estimate of drug-likeness (QED) is 0.0791. The van der Waals surface area contributed by atoms with Crippen LogP contribution < -0.4 is 15.4 Å². The fourth-order valence-electron chi connectivity index (χ4n) is 24.4. The van der Waals surface area contributed by atoms with Crippen LogP contribution in [0.3, 0.4) is 0 Å². The molecule has 9 fully saturated rings. The number of hydrogen-bond donors (Lipinski definition) is 9. The van der Waals surface area contributed by atoms with Gasteiger partial charge in [0.1, 0.15) is 46.3 Å². The molecule has 10 bridgehead atoms. The first-order valence-electron chi connectivity index (χ1n) is 33.0. The van der Waals surface area contributed by atoms with Crippen molar-refractivity contribution >= 4 is 39.4 Å². The fraction of sp³-hybridized carbons (Fsp3) is 0.597. The van der Waals surface area contributed by atoms with Crippen LogP contribution in [0.25, 0.3) is 0 Å². The number of hydrogen-bond acceptors (Lipinski definition) is 16. The summed E-state index contributed by atoms with van der Waals surface area (Å²) in [7, 11) is 2.88. The number of fused-ring (bicyclic) bond motifs is 1. The highest BCUT2D eigenvalue weighted by Crippen LogP contribution is 2.83. The molecule has 18 unspecified atom stereocenters. The molecule has 0 amide bonds. The smallest absolute Gasteiger partial charge is 0.240 e. The molecule has 7 saturated carbocycles. The topological polar surface area (TPSA) is 235 Å². The van der Waals surface area contributed by atoms with E-state index in [0.29, 0.717) is 55.3 Å². The van der Waals surface area contributed by atoms with Gasteiger partial charge in [0, 0.05) is 41.5 Å². The minimum absolute atomic E-state index is 0.0144. The van der Waals surface area contributed by atoms with Gasteiger partial charge >= 0.3 is 0 Å². The number of aliphatic hydroxyl groups is 6. The average Bonchev–Trinajstić information content (AvgIpc) is 1.30. The van der Waals surface area contributed by atoms with E-state index in [2.05, 4.69) is 22.8 Å². The number of aliphatic hydroxyl groups excluding tert-OH is 5. The van der Waals surface area contributed by atoms with Gasteiger partial charge in [0.15, 0.2) is 17.7 Å². The molecule has 2 saturated heterocycles. The van der Waals surface area contributed by atoms with Crippen LogP contribution >= 0.6 is 21.6 Å². The maximum Gasteiger partial charge on any atom is 0.240 e. The molecule has 3 aromatic rings. The Bertz CT molecular complexity index is 3630. The number of nitrogens with one attached hydrogen (secondary N) is 2. The van der Waals surface area contributed by atoms with E-state index in [0.717, 1.165) is 73.9 Å². The van der Waals surface area contributed by atoms with Crippen molar-refractivity contribution in [3.05, 3.63) is 141 Å². The van der Waals surface area contributed by atoms with Crippen molar-refractivity contribution in [2.75, 3.05) is 24.8 Å². The van der Waals surface area contributed by atoms with E-state index in [1.165, 1.54) is 77.5 Å². The molecule has 4 heterocycles. The number of carbonyl (C=O) groups excluding carboxylic acids is 3. The van der Waals surface area contributed by atoms with Crippen molar-refractivity contribution in [1.29, 1.82) is 0 Å². The van der Waals surface area contributed by atoms with Gasteiger partial charge in [0.2, 0.25) is 5.79 Å². The molecule has 15 aliphatic rings. The Kier molecular flexibility index (Phi) is 12.7. The lowest BCUT2D eigenvalue weighted by molar-refractivity contribution is -0.461. The standard InChI is InChI=1S/C72H82N2O12S2/c75-32-42-8-3-6-40(18-42)19-43-22-54-59(80)49-10-5-11-55-58(49)61(81)69(54,56(79)23-43)38-87-88-39-74-57-26-53-51(31-73-57)45-24-46-30-65(36-68(46,53)60-50(25-45)52-12-15-71(85-55)63(83)72(60,84)62(82)70(52,37-77)86-71)34-64(29-47(65)33-76)16-17-67(35-64)28-44(27-66(67)13-1-2-14-66)20-41-7-4-9-48(78)21-41/h3-11,18,21-23,26,33,44-47,50,52,54,60,62-63,73-75,77-79,82-84H,1-2,12-17,19-20,24-25,27-32,34-39H2. The van der Waals surface area contributed by atoms with Gasteiger partial charge in [-0.05, 0) is 218 Å². The van der Waals surface area contributed by atoms with E-state index in [-0.39, 0.29) is 81.3 Å². The van der Waals surface area contributed by atoms with Gasteiger partial charge in [-0.15, -0.1) is 0 Å². The molecule has 4 aliphatic heterocycles. The Morgan fingerprint density at radius 2 is 1.60 bits per heavy atom. The molecule has 11 aliphatic carbocycles. The first-order chi connectivity index (χ1) is 42.4. The van der Waals surface area contributed by atoms with Gasteiger partial charge in [0.25, 0.3) is 0 Å². The second kappa shape index (κ2) is 19.6. The van der Waals surface area contributed by atoms with Gasteiger partial charge in [0.05, 0.1) is 36.4 Å². The summed E-state index contributed by atoms with van der Waals surface area (Å²) in [6.45, 7) is -0.269. The van der Waals surface area contributed by atoms with Crippen LogP contribution in [0.5, 0.6) is 11.5 Å². The zero-order valence-corrected chi connectivity index (χ0v) is 51.5. The number of ether oxygens (including phenoxy) is 2. The highest BCUT2D eigenvalue weighted by atomic mass is 33.1. The van der Waals surface area contributed by atoms with Crippen molar-refractivity contribution in [3.63, 3.8) is 0 Å². The van der Waals surface area contributed by atoms with Crippen LogP contribution in [0.1, 0.15) is 147 Å². The van der Waals surface area contributed by atoms with Crippen molar-refractivity contribution < 1.29 is 59.6 Å². The minimum atomic E-state index is -2.36. The molecular weight excluding hydrogens is 1150 g/mol. The summed E-state index contributed by atoms with van der Waals surface area (Å²) in [6.07, 6.45) is 20.3. The lowest BCUT2D eigenvalue weighted by Crippen LogP contribution is -2.88. The summed E-state index contributed by atoms with van der Waals surface area (Å²) in [5.74, 6) is -4.17. The number of benzene rings is 3. The van der Waals surface area contributed by atoms with Crippen LogP contribution in [0, 0.1) is 79.8 Å². The Morgan fingerprint density at radius 3 is 2.42 bits per heavy atom. The van der Waals surface area contributed by atoms with E-state index < -0.39 is 81.4 Å². The number of phenolic OH excluding ortho intramolecular Hbond substituents is 1. The van der Waals surface area contributed by atoms with Crippen molar-refractivity contribution in [2.45, 2.75) is 158 Å². The first kappa shape index (κ1) is 57.0. The number of phenols is 1. The highest BCUT2D eigenvalue weighted by Gasteiger charge is 2.85. The zero-order valence-electron chi connectivity index (χ0n) is 49.9. The number of rotatable bonds is 7. The maximum atomic E-state index is 16.0. The largest absolute Gasteiger partial charge is 0.511 e. The summed E-state index contributed by atoms with van der Waals surface area (Å²) < 4.78 is 14.4. The third-order valence-corrected chi connectivity index (χ3v) is 29.4. The molecule has 18 atom stereocenters. The maximum absolute atomic E-state index is 16.0. The average molecular weight is 1230 g/mol. The second-order valence-electron chi connectivity index (χ2n) is 30.8. The molecular formula is C72H82N2O12S2. The molecule has 0 radical (unpaired) electrons. The Balaban J connectivity index is 0.778. The number of aromatic hydroxyl groups is 1. The number of Topliss-reactive ketones (excluding diaryl/α,β-unsaturated/α-hetero) is 2. The molecule has 9 N–H and O–H groups in total. The summed E-state index contributed by atoms with van der Waals surface area (Å²) in [6, 6.07) is 20.1. The normalized spacial score (nSPS) is 44.4. The SMILES string of the molecule is O=CC1CC2(CCC3(CC(Cc4cccc(O)c4)CC34CCCC4)C2)CC12CC1CC3CC4C5CCC67Oc8cccc9c8C(=O)C8(CSSCNC%10=CC(=C3CN%10)C1(C2)C4C(O)(C6O)C(O)C5(CO)O7)C(O)=CC(Cc1cccc(CO)c1)=CC8C9=O. The van der Waals surface area contributed by atoms with E-state index >= 15 is 9.59 Å². The summed E-state index contributed by atoms with van der Waals surface area (Å²) in [4.78, 5) is 45.8. The predicted octanol–water partition coefficient (Wildman–Crippen LogP) is 9.90. The van der Waals surface area contributed by atoms with Crippen LogP contribution in [0.2, 0.25) is 0 Å². The number of dihydropyridines is 1. The van der Waals surface area contributed by atoms with Gasteiger partial charge in [-0.1, -0.05) is 89.0 Å². The third kappa shape index (κ3) is 7.46. The number of ketones is 2. The minimum Gasteiger partial charge on any atom is -0.511 e. The van der Waals surface area contributed by atoms with Gasteiger partial charge < -0.3 is 60.6 Å². The van der Waals surface area contributed by atoms with E-state index in [1.807, 2.05) is 36.4 Å². The predicted molar refractivity (Wildman–Crippen MR) is 331 cm³/mol. The Labute approximate surface area is 521 Å². The third-order valence-electron chi connectivity index (χ3n) is 27.2. The van der Waals surface area contributed by atoms with Crippen LogP contribution in [0.4, 0.5) is 0 Å². The molecule has 14 nitrogen and oxygen atoms in total. The molecule has 88 heavy (non-hydrogen) atoms. The van der Waals surface area contributed by atoms with Crippen LogP contribution in [0.15, 0.2) is 113 Å². The summed E-state index contributed by atoms with van der Waals surface area (Å²) in [5.41, 5.74) is -0.899. The fourth-order valence-corrected chi connectivity index (χ4v) is 26.7. The number of aldehydes is 1. The highest BCUT2D eigenvalue weighted by molar-refractivity contribution is 8.76. The summed E-state index contributed by atoms with van der Waals surface area (Å²) >= 11 is 0. The molecule has 3 aromatic carbocycles. The Hall–Kier alpha value is -4.91. The number of carbonyl (C=O) groups is 3. The zero-order chi connectivity index (χ0) is 60.2. The van der Waals surface area contributed by atoms with Crippen molar-refractivity contribution in [2.24, 2.45) is 79.8 Å². The molecule has 7 spiro atoms. The monoisotopic (exact) mass is 1230 g/mol. The van der Waals surface area contributed by atoms with Crippen LogP contribution in [-0.4, -0.2) is 108 Å². The molecule has 0 aromatic heterocycles. The van der Waals surface area contributed by atoms with Gasteiger partial charge in [-0.25, -0.2) is 0 Å². The van der Waals surface area contributed by atoms with E-state index in [9.17, 15) is 40.5 Å². The van der Waals surface area contributed by atoms with Crippen molar-refractivity contribution in [3.8, 4) is 11.5 Å². The van der Waals surface area contributed by atoms with Crippen molar-refractivity contribution in [1.82, 2.24) is 10.6 Å². The second-order valence-corrected chi connectivity index (χ2v) is 33.2. The van der Waals surface area contributed by atoms with Gasteiger partial charge in [-0.3, -0.25) is 9.59 Å². The van der Waals surface area contributed by atoms with Crippen LogP contribution in [-0.2, 0) is 29.0 Å². The van der Waals surface area contributed by atoms with Gasteiger partial charge in [-0.2, -0.15) is 0 Å². The molecule has 464 valence electrons. The molecule has 18 rings (SSSR count). The van der Waals surface area contributed by atoms with E-state index in [1.54, 1.807) is 36.4 Å². The lowest BCUT2D eigenvalue weighted by Gasteiger charge is -2.72.